The predicted octanol–water partition coefficient (Wildman–Crippen LogP) is 5.15. The lowest BCUT2D eigenvalue weighted by Gasteiger charge is -2.09. The van der Waals surface area contributed by atoms with Crippen LogP contribution in [0.25, 0.3) is 10.8 Å². The summed E-state index contributed by atoms with van der Waals surface area (Å²) < 4.78 is 5.29. The SMILES string of the molecule is CCC(C)CCc1ccc2cc(CCC3CO3)ccc2c1. The van der Waals surface area contributed by atoms with Gasteiger partial charge in [-0.15, -0.1) is 0 Å². The average Bonchev–Trinajstić information content (AvgIpc) is 3.34. The van der Waals surface area contributed by atoms with Gasteiger partial charge in [0.2, 0.25) is 0 Å². The third-order valence-electron chi connectivity index (χ3n) is 4.75. The highest BCUT2D eigenvalue weighted by atomic mass is 16.6. The van der Waals surface area contributed by atoms with Crippen molar-refractivity contribution in [1.29, 1.82) is 0 Å². The molecule has 0 amide bonds. The highest BCUT2D eigenvalue weighted by Gasteiger charge is 2.21. The van der Waals surface area contributed by atoms with E-state index in [1.165, 1.54) is 47.6 Å². The Bertz CT molecular complexity index is 598. The molecule has 0 aromatic heterocycles. The van der Waals surface area contributed by atoms with Gasteiger partial charge >= 0.3 is 0 Å². The monoisotopic (exact) mass is 282 g/mol. The Morgan fingerprint density at radius 2 is 1.67 bits per heavy atom. The number of aryl methyl sites for hydroxylation is 2. The molecule has 3 rings (SSSR count). The third kappa shape index (κ3) is 4.07. The summed E-state index contributed by atoms with van der Waals surface area (Å²) in [5, 5.41) is 2.75. The molecule has 0 bridgehead atoms. The number of rotatable bonds is 7. The zero-order valence-corrected chi connectivity index (χ0v) is 13.3. The second kappa shape index (κ2) is 6.62. The molecule has 1 aliphatic rings. The van der Waals surface area contributed by atoms with Crippen molar-refractivity contribution in [3.63, 3.8) is 0 Å². The molecule has 1 heteroatoms. The zero-order chi connectivity index (χ0) is 14.7. The van der Waals surface area contributed by atoms with Crippen molar-refractivity contribution in [2.24, 2.45) is 5.92 Å². The molecule has 112 valence electrons. The summed E-state index contributed by atoms with van der Waals surface area (Å²) in [5.41, 5.74) is 2.91. The fourth-order valence-corrected chi connectivity index (χ4v) is 2.84. The zero-order valence-electron chi connectivity index (χ0n) is 13.3. The molecule has 2 aromatic carbocycles. The lowest BCUT2D eigenvalue weighted by atomic mass is 9.96. The van der Waals surface area contributed by atoms with Crippen molar-refractivity contribution >= 4 is 10.8 Å². The molecular formula is C20H26O. The van der Waals surface area contributed by atoms with Crippen LogP contribution in [0.2, 0.25) is 0 Å². The Labute approximate surface area is 128 Å². The first-order chi connectivity index (χ1) is 10.2. The van der Waals surface area contributed by atoms with Gasteiger partial charge in [0.1, 0.15) is 0 Å². The molecule has 21 heavy (non-hydrogen) atoms. The molecule has 2 atom stereocenters. The van der Waals surface area contributed by atoms with E-state index in [0.29, 0.717) is 6.10 Å². The van der Waals surface area contributed by atoms with Crippen molar-refractivity contribution in [3.05, 3.63) is 47.5 Å². The highest BCUT2D eigenvalue weighted by Crippen LogP contribution is 2.22. The molecule has 0 saturated carbocycles. The second-order valence-electron chi connectivity index (χ2n) is 6.56. The van der Waals surface area contributed by atoms with Crippen LogP contribution < -0.4 is 0 Å². The first kappa shape index (κ1) is 14.6. The number of epoxide rings is 1. The maximum Gasteiger partial charge on any atom is 0.0813 e. The third-order valence-corrected chi connectivity index (χ3v) is 4.75. The summed E-state index contributed by atoms with van der Waals surface area (Å²) in [4.78, 5) is 0. The number of fused-ring (bicyclic) bond motifs is 1. The molecule has 0 spiro atoms. The van der Waals surface area contributed by atoms with Crippen LogP contribution in [-0.4, -0.2) is 12.7 Å². The average molecular weight is 282 g/mol. The predicted molar refractivity (Wildman–Crippen MR) is 89.8 cm³/mol. The number of hydrogen-bond acceptors (Lipinski definition) is 1. The Morgan fingerprint density at radius 3 is 2.24 bits per heavy atom. The van der Waals surface area contributed by atoms with Gasteiger partial charge in [-0.2, -0.15) is 0 Å². The van der Waals surface area contributed by atoms with E-state index < -0.39 is 0 Å². The van der Waals surface area contributed by atoms with E-state index in [-0.39, 0.29) is 0 Å². The van der Waals surface area contributed by atoms with Crippen LogP contribution in [0.4, 0.5) is 0 Å². The van der Waals surface area contributed by atoms with Crippen LogP contribution in [0, 0.1) is 5.92 Å². The van der Waals surface area contributed by atoms with Crippen LogP contribution in [0.5, 0.6) is 0 Å². The van der Waals surface area contributed by atoms with Crippen LogP contribution in [0.3, 0.4) is 0 Å². The molecule has 0 radical (unpaired) electrons. The van der Waals surface area contributed by atoms with E-state index in [4.69, 9.17) is 4.74 Å². The molecular weight excluding hydrogens is 256 g/mol. The minimum absolute atomic E-state index is 0.531. The second-order valence-corrected chi connectivity index (χ2v) is 6.56. The molecule has 1 fully saturated rings. The van der Waals surface area contributed by atoms with E-state index >= 15 is 0 Å². The van der Waals surface area contributed by atoms with Crippen molar-refractivity contribution in [2.45, 2.75) is 52.1 Å². The minimum Gasteiger partial charge on any atom is -0.373 e. The molecule has 1 aliphatic heterocycles. The van der Waals surface area contributed by atoms with Gasteiger partial charge in [-0.05, 0) is 53.5 Å². The summed E-state index contributed by atoms with van der Waals surface area (Å²) >= 11 is 0. The van der Waals surface area contributed by atoms with Crippen LogP contribution >= 0.6 is 0 Å². The van der Waals surface area contributed by atoms with Gasteiger partial charge in [-0.3, -0.25) is 0 Å². The number of hydrogen-bond donors (Lipinski definition) is 0. The van der Waals surface area contributed by atoms with Crippen molar-refractivity contribution < 1.29 is 4.74 Å². The smallest absolute Gasteiger partial charge is 0.0813 e. The summed E-state index contributed by atoms with van der Waals surface area (Å²) in [6.45, 7) is 5.59. The Hall–Kier alpha value is -1.34. The Kier molecular flexibility index (Phi) is 4.60. The minimum atomic E-state index is 0.531. The van der Waals surface area contributed by atoms with Crippen LogP contribution in [0.1, 0.15) is 44.2 Å². The summed E-state index contributed by atoms with van der Waals surface area (Å²) in [6.07, 6.45) is 6.60. The fraction of sp³-hybridized carbons (Fsp3) is 0.500. The van der Waals surface area contributed by atoms with Gasteiger partial charge in [0, 0.05) is 0 Å². The van der Waals surface area contributed by atoms with Gasteiger partial charge in [0.25, 0.3) is 0 Å². The molecule has 0 N–H and O–H groups in total. The van der Waals surface area contributed by atoms with Gasteiger partial charge in [0.15, 0.2) is 0 Å². The summed E-state index contributed by atoms with van der Waals surface area (Å²) in [6, 6.07) is 13.9. The Balaban J connectivity index is 1.68. The molecule has 1 saturated heterocycles. The van der Waals surface area contributed by atoms with Gasteiger partial charge in [-0.1, -0.05) is 56.7 Å². The maximum atomic E-state index is 5.29. The molecule has 0 aliphatic carbocycles. The van der Waals surface area contributed by atoms with E-state index in [0.717, 1.165) is 18.9 Å². The van der Waals surface area contributed by atoms with Crippen molar-refractivity contribution in [3.8, 4) is 0 Å². The summed E-state index contributed by atoms with van der Waals surface area (Å²) in [5.74, 6) is 0.827. The molecule has 2 unspecified atom stereocenters. The maximum absolute atomic E-state index is 5.29. The lowest BCUT2D eigenvalue weighted by Crippen LogP contribution is -1.95. The highest BCUT2D eigenvalue weighted by molar-refractivity contribution is 5.83. The van der Waals surface area contributed by atoms with E-state index in [1.807, 2.05) is 0 Å². The molecule has 2 aromatic rings. The number of benzene rings is 2. The normalized spacial score (nSPS) is 18.9. The lowest BCUT2D eigenvalue weighted by molar-refractivity contribution is 0.397. The summed E-state index contributed by atoms with van der Waals surface area (Å²) in [7, 11) is 0. The number of ether oxygens (including phenoxy) is 1. The Morgan fingerprint density at radius 1 is 1.05 bits per heavy atom. The standard InChI is InChI=1S/C20H26O/c1-3-15(2)4-5-16-6-9-19-13-17(7-10-18(19)12-16)8-11-20-14-21-20/h6-7,9-10,12-13,15,20H,3-5,8,11,14H2,1-2H3. The van der Waals surface area contributed by atoms with Crippen molar-refractivity contribution in [2.75, 3.05) is 6.61 Å². The largest absolute Gasteiger partial charge is 0.373 e. The first-order valence-corrected chi connectivity index (χ1v) is 8.38. The van der Waals surface area contributed by atoms with E-state index in [2.05, 4.69) is 50.2 Å². The molecule has 1 heterocycles. The quantitative estimate of drug-likeness (QED) is 0.640. The first-order valence-electron chi connectivity index (χ1n) is 8.38. The van der Waals surface area contributed by atoms with Gasteiger partial charge in [0.05, 0.1) is 12.7 Å². The van der Waals surface area contributed by atoms with E-state index in [9.17, 15) is 0 Å². The fourth-order valence-electron chi connectivity index (χ4n) is 2.84. The van der Waals surface area contributed by atoms with Crippen LogP contribution in [-0.2, 0) is 17.6 Å². The van der Waals surface area contributed by atoms with Crippen molar-refractivity contribution in [1.82, 2.24) is 0 Å². The molecule has 1 nitrogen and oxygen atoms in total. The van der Waals surface area contributed by atoms with Gasteiger partial charge in [-0.25, -0.2) is 0 Å². The van der Waals surface area contributed by atoms with Crippen LogP contribution in [0.15, 0.2) is 36.4 Å². The van der Waals surface area contributed by atoms with Gasteiger partial charge < -0.3 is 4.74 Å². The van der Waals surface area contributed by atoms with E-state index in [1.54, 1.807) is 0 Å². The topological polar surface area (TPSA) is 12.5 Å².